The molecule has 0 unspecified atom stereocenters. The molecule has 0 aliphatic rings. The number of aromatic nitrogens is 4. The van der Waals surface area contributed by atoms with Gasteiger partial charge in [-0.3, -0.25) is 9.78 Å². The molecule has 3 rings (SSSR count). The van der Waals surface area contributed by atoms with E-state index in [4.69, 9.17) is 10.2 Å². The number of rotatable bonds is 4. The van der Waals surface area contributed by atoms with Gasteiger partial charge in [-0.05, 0) is 19.1 Å². The number of alkyl halides is 3. The second-order valence-electron chi connectivity index (χ2n) is 5.45. The zero-order chi connectivity index (χ0) is 19.6. The van der Waals surface area contributed by atoms with Crippen molar-refractivity contribution >= 4 is 11.7 Å². The normalized spacial score (nSPS) is 11.4. The molecule has 3 aromatic heterocycles. The number of oxazole rings is 1. The van der Waals surface area contributed by atoms with Crippen LogP contribution >= 0.6 is 0 Å². The van der Waals surface area contributed by atoms with E-state index in [1.165, 1.54) is 18.5 Å². The van der Waals surface area contributed by atoms with E-state index in [1.54, 1.807) is 6.92 Å². The van der Waals surface area contributed by atoms with Crippen molar-refractivity contribution in [3.63, 3.8) is 0 Å². The molecule has 3 heterocycles. The highest BCUT2D eigenvalue weighted by Gasteiger charge is 2.30. The van der Waals surface area contributed by atoms with Crippen LogP contribution in [0.4, 0.5) is 19.0 Å². The Kier molecular flexibility index (Phi) is 4.75. The summed E-state index contributed by atoms with van der Waals surface area (Å²) in [6.45, 7) is 1.51. The van der Waals surface area contributed by atoms with Gasteiger partial charge >= 0.3 is 6.18 Å². The number of carbonyl (C=O) groups excluding carboxylic acids is 1. The first-order valence-electron chi connectivity index (χ1n) is 7.60. The minimum atomic E-state index is -4.47. The fraction of sp³-hybridized carbons (Fsp3) is 0.188. The van der Waals surface area contributed by atoms with E-state index in [-0.39, 0.29) is 29.6 Å². The summed E-state index contributed by atoms with van der Waals surface area (Å²) in [5.41, 5.74) is 5.73. The van der Waals surface area contributed by atoms with Gasteiger partial charge in [0.05, 0.1) is 29.7 Å². The molecule has 0 bridgehead atoms. The molecule has 0 fully saturated rings. The van der Waals surface area contributed by atoms with Gasteiger partial charge in [0.15, 0.2) is 11.5 Å². The van der Waals surface area contributed by atoms with E-state index in [0.29, 0.717) is 17.6 Å². The highest BCUT2D eigenvalue weighted by atomic mass is 19.4. The Bertz CT molecular complexity index is 956. The highest BCUT2D eigenvalue weighted by molar-refractivity contribution is 5.96. The molecule has 0 saturated carbocycles. The number of amides is 1. The monoisotopic (exact) mass is 378 g/mol. The lowest BCUT2D eigenvalue weighted by Crippen LogP contribution is -2.26. The molecule has 11 heteroatoms. The van der Waals surface area contributed by atoms with Gasteiger partial charge in [-0.1, -0.05) is 0 Å². The summed E-state index contributed by atoms with van der Waals surface area (Å²) in [6.07, 6.45) is -0.972. The Morgan fingerprint density at radius 1 is 1.26 bits per heavy atom. The SMILES string of the molecule is Cc1nc(C(=O)NCc2ccc(C(F)(F)F)cn2)c(N)nc1-c1ncco1. The van der Waals surface area contributed by atoms with Crippen molar-refractivity contribution in [1.82, 2.24) is 25.3 Å². The fourth-order valence-electron chi connectivity index (χ4n) is 2.19. The van der Waals surface area contributed by atoms with E-state index in [2.05, 4.69) is 25.3 Å². The van der Waals surface area contributed by atoms with Crippen LogP contribution in [0.1, 0.15) is 27.4 Å². The first-order valence-corrected chi connectivity index (χ1v) is 7.60. The maximum Gasteiger partial charge on any atom is 0.417 e. The van der Waals surface area contributed by atoms with Crippen molar-refractivity contribution in [3.05, 3.63) is 53.4 Å². The number of anilines is 1. The highest BCUT2D eigenvalue weighted by Crippen LogP contribution is 2.28. The Balaban J connectivity index is 1.72. The van der Waals surface area contributed by atoms with Gasteiger partial charge in [-0.15, -0.1) is 0 Å². The molecule has 0 aliphatic heterocycles. The number of nitrogens with zero attached hydrogens (tertiary/aromatic N) is 4. The van der Waals surface area contributed by atoms with Crippen LogP contribution in [-0.4, -0.2) is 25.8 Å². The van der Waals surface area contributed by atoms with Crippen molar-refractivity contribution in [2.45, 2.75) is 19.6 Å². The second kappa shape index (κ2) is 7.02. The molecule has 3 N–H and O–H groups in total. The lowest BCUT2D eigenvalue weighted by Gasteiger charge is -2.10. The summed E-state index contributed by atoms with van der Waals surface area (Å²) in [5.74, 6) is -0.553. The van der Waals surface area contributed by atoms with E-state index in [9.17, 15) is 18.0 Å². The molecular formula is C16H13F3N6O2. The largest absolute Gasteiger partial charge is 0.443 e. The number of hydrogen-bond acceptors (Lipinski definition) is 7. The van der Waals surface area contributed by atoms with Gasteiger partial charge < -0.3 is 15.5 Å². The third-order valence-electron chi connectivity index (χ3n) is 3.53. The average molecular weight is 378 g/mol. The topological polar surface area (TPSA) is 120 Å². The Labute approximate surface area is 150 Å². The van der Waals surface area contributed by atoms with E-state index < -0.39 is 17.6 Å². The van der Waals surface area contributed by atoms with Crippen LogP contribution in [0.2, 0.25) is 0 Å². The van der Waals surface area contributed by atoms with Gasteiger partial charge in [0.1, 0.15) is 12.0 Å². The lowest BCUT2D eigenvalue weighted by molar-refractivity contribution is -0.137. The van der Waals surface area contributed by atoms with Gasteiger partial charge in [-0.25, -0.2) is 15.0 Å². The van der Waals surface area contributed by atoms with Crippen molar-refractivity contribution in [3.8, 4) is 11.6 Å². The fourth-order valence-corrected chi connectivity index (χ4v) is 2.19. The second-order valence-corrected chi connectivity index (χ2v) is 5.45. The average Bonchev–Trinajstić information content (AvgIpc) is 3.15. The van der Waals surface area contributed by atoms with Crippen LogP contribution in [0.5, 0.6) is 0 Å². The van der Waals surface area contributed by atoms with Crippen LogP contribution in [0.3, 0.4) is 0 Å². The molecule has 0 radical (unpaired) electrons. The number of aryl methyl sites for hydroxylation is 1. The summed E-state index contributed by atoms with van der Waals surface area (Å²) in [5, 5.41) is 2.49. The Morgan fingerprint density at radius 2 is 2.04 bits per heavy atom. The molecule has 0 spiro atoms. The number of hydrogen-bond donors (Lipinski definition) is 2. The summed E-state index contributed by atoms with van der Waals surface area (Å²) in [4.78, 5) is 28.1. The van der Waals surface area contributed by atoms with Crippen molar-refractivity contribution in [2.75, 3.05) is 5.73 Å². The molecule has 0 saturated heterocycles. The van der Waals surface area contributed by atoms with Crippen molar-refractivity contribution in [2.24, 2.45) is 0 Å². The van der Waals surface area contributed by atoms with Crippen LogP contribution in [0, 0.1) is 6.92 Å². The number of nitrogens with one attached hydrogen (secondary N) is 1. The number of nitrogens with two attached hydrogens (primary N) is 1. The van der Waals surface area contributed by atoms with Crippen molar-refractivity contribution in [1.29, 1.82) is 0 Å². The van der Waals surface area contributed by atoms with Gasteiger partial charge in [-0.2, -0.15) is 13.2 Å². The Hall–Kier alpha value is -3.50. The third-order valence-corrected chi connectivity index (χ3v) is 3.53. The van der Waals surface area contributed by atoms with E-state index >= 15 is 0 Å². The maximum atomic E-state index is 12.5. The summed E-state index contributed by atoms with van der Waals surface area (Å²) < 4.78 is 42.7. The molecule has 0 atom stereocenters. The van der Waals surface area contributed by atoms with Gasteiger partial charge in [0, 0.05) is 6.20 Å². The summed E-state index contributed by atoms with van der Waals surface area (Å²) in [6, 6.07) is 2.06. The number of halogens is 3. The third kappa shape index (κ3) is 4.02. The first-order chi connectivity index (χ1) is 12.8. The molecule has 140 valence electrons. The van der Waals surface area contributed by atoms with E-state index in [1.807, 2.05) is 0 Å². The van der Waals surface area contributed by atoms with Crippen LogP contribution in [-0.2, 0) is 12.7 Å². The molecule has 0 aliphatic carbocycles. The predicted octanol–water partition coefficient (Wildman–Crippen LogP) is 2.37. The predicted molar refractivity (Wildman–Crippen MR) is 87.1 cm³/mol. The zero-order valence-corrected chi connectivity index (χ0v) is 13.9. The minimum absolute atomic E-state index is 0.0986. The summed E-state index contributed by atoms with van der Waals surface area (Å²) >= 11 is 0. The molecule has 27 heavy (non-hydrogen) atoms. The van der Waals surface area contributed by atoms with E-state index in [0.717, 1.165) is 6.07 Å². The van der Waals surface area contributed by atoms with Crippen LogP contribution in [0.25, 0.3) is 11.6 Å². The molecule has 0 aromatic carbocycles. The van der Waals surface area contributed by atoms with Gasteiger partial charge in [0.2, 0.25) is 5.89 Å². The number of carbonyl (C=O) groups is 1. The standard InChI is InChI=1S/C16H13F3N6O2/c1-8-11(15-21-4-5-27-15)25-13(20)12(24-8)14(26)23-7-10-3-2-9(6-22-10)16(17,18)19/h2-6H,7H2,1H3,(H2,20,25)(H,23,26). The number of pyridine rings is 1. The smallest absolute Gasteiger partial charge is 0.417 e. The lowest BCUT2D eigenvalue weighted by atomic mass is 10.2. The molecule has 8 nitrogen and oxygen atoms in total. The molecule has 3 aromatic rings. The maximum absolute atomic E-state index is 12.5. The zero-order valence-electron chi connectivity index (χ0n) is 13.9. The Morgan fingerprint density at radius 3 is 2.63 bits per heavy atom. The minimum Gasteiger partial charge on any atom is -0.443 e. The summed E-state index contributed by atoms with van der Waals surface area (Å²) in [7, 11) is 0. The first kappa shape index (κ1) is 18.3. The van der Waals surface area contributed by atoms with Crippen LogP contribution in [0.15, 0.2) is 35.2 Å². The van der Waals surface area contributed by atoms with Gasteiger partial charge in [0.25, 0.3) is 5.91 Å². The van der Waals surface area contributed by atoms with Crippen molar-refractivity contribution < 1.29 is 22.4 Å². The quantitative estimate of drug-likeness (QED) is 0.715. The van der Waals surface area contributed by atoms with Crippen LogP contribution < -0.4 is 11.1 Å². The number of nitrogen functional groups attached to an aromatic ring is 1. The molecule has 1 amide bonds. The molecular weight excluding hydrogens is 365 g/mol.